The van der Waals surface area contributed by atoms with Crippen LogP contribution in [0.25, 0.3) is 0 Å². The lowest BCUT2D eigenvalue weighted by molar-refractivity contribution is -0.118. The van der Waals surface area contributed by atoms with Gasteiger partial charge in [-0.15, -0.1) is 0 Å². The Morgan fingerprint density at radius 3 is 2.47 bits per heavy atom. The molecule has 0 saturated carbocycles. The molecule has 0 unspecified atom stereocenters. The van der Waals surface area contributed by atoms with Crippen LogP contribution in [0.1, 0.15) is 31.2 Å². The molecule has 0 bridgehead atoms. The fourth-order valence-electron chi connectivity index (χ4n) is 1.94. The van der Waals surface area contributed by atoms with Crippen LogP contribution in [0, 0.1) is 0 Å². The van der Waals surface area contributed by atoms with Gasteiger partial charge in [-0.3, -0.25) is 4.79 Å². The molecule has 0 N–H and O–H groups in total. The van der Waals surface area contributed by atoms with Crippen molar-refractivity contribution in [3.05, 3.63) is 47.5 Å². The number of carbonyl (C=O) groups excluding carboxylic acids is 1. The van der Waals surface area contributed by atoms with Gasteiger partial charge in [0, 0.05) is 12.8 Å². The highest BCUT2D eigenvalue weighted by Crippen LogP contribution is 2.19. The Kier molecular flexibility index (Phi) is 3.33. The van der Waals surface area contributed by atoms with E-state index in [0.29, 0.717) is 12.2 Å². The maximum absolute atomic E-state index is 11.0. The van der Waals surface area contributed by atoms with Crippen LogP contribution in [0.2, 0.25) is 0 Å². The summed E-state index contributed by atoms with van der Waals surface area (Å²) in [5.74, 6) is 0.387. The average Bonchev–Trinajstić information content (AvgIpc) is 2.30. The van der Waals surface area contributed by atoms with Crippen LogP contribution in [0.4, 0.5) is 0 Å². The van der Waals surface area contributed by atoms with Crippen LogP contribution in [-0.4, -0.2) is 5.78 Å². The minimum atomic E-state index is 0.387. The quantitative estimate of drug-likeness (QED) is 0.684. The number of allylic oxidation sites excluding steroid dienone is 2. The van der Waals surface area contributed by atoms with Crippen molar-refractivity contribution in [1.29, 1.82) is 0 Å². The van der Waals surface area contributed by atoms with Crippen molar-refractivity contribution in [2.75, 3.05) is 0 Å². The van der Waals surface area contributed by atoms with E-state index < -0.39 is 0 Å². The molecule has 0 amide bonds. The summed E-state index contributed by atoms with van der Waals surface area (Å²) in [4.78, 5) is 11.0. The monoisotopic (exact) mass is 200 g/mol. The van der Waals surface area contributed by atoms with E-state index in [1.165, 1.54) is 11.1 Å². The fraction of sp³-hybridized carbons (Fsp3) is 0.357. The molecule has 1 aliphatic rings. The average molecular weight is 200 g/mol. The van der Waals surface area contributed by atoms with Gasteiger partial charge in [-0.2, -0.15) is 0 Å². The summed E-state index contributed by atoms with van der Waals surface area (Å²) in [5.41, 5.74) is 2.84. The first kappa shape index (κ1) is 10.2. The zero-order valence-corrected chi connectivity index (χ0v) is 8.91. The first-order valence-corrected chi connectivity index (χ1v) is 5.58. The van der Waals surface area contributed by atoms with E-state index in [2.05, 4.69) is 30.3 Å². The van der Waals surface area contributed by atoms with Crippen molar-refractivity contribution in [3.63, 3.8) is 0 Å². The number of carbonyl (C=O) groups is 1. The number of aryl methyl sites for hydroxylation is 1. The second-order valence-corrected chi connectivity index (χ2v) is 4.09. The van der Waals surface area contributed by atoms with Gasteiger partial charge >= 0.3 is 0 Å². The predicted molar refractivity (Wildman–Crippen MR) is 61.7 cm³/mol. The number of ketones is 1. The van der Waals surface area contributed by atoms with Gasteiger partial charge in [0.15, 0.2) is 0 Å². The van der Waals surface area contributed by atoms with Gasteiger partial charge in [0.2, 0.25) is 0 Å². The third kappa shape index (κ3) is 3.05. The lowest BCUT2D eigenvalue weighted by Crippen LogP contribution is -2.04. The van der Waals surface area contributed by atoms with Gasteiger partial charge in [0.1, 0.15) is 5.78 Å². The summed E-state index contributed by atoms with van der Waals surface area (Å²) < 4.78 is 0. The van der Waals surface area contributed by atoms with Crippen molar-refractivity contribution >= 4 is 5.78 Å². The van der Waals surface area contributed by atoms with E-state index >= 15 is 0 Å². The summed E-state index contributed by atoms with van der Waals surface area (Å²) >= 11 is 0. The molecular weight excluding hydrogens is 184 g/mol. The summed E-state index contributed by atoms with van der Waals surface area (Å²) in [6.07, 6.45) is 6.71. The first-order valence-electron chi connectivity index (χ1n) is 5.58. The van der Waals surface area contributed by atoms with Gasteiger partial charge in [-0.1, -0.05) is 42.0 Å². The minimum absolute atomic E-state index is 0.387. The van der Waals surface area contributed by atoms with E-state index in [9.17, 15) is 4.79 Å². The van der Waals surface area contributed by atoms with E-state index in [1.54, 1.807) is 0 Å². The van der Waals surface area contributed by atoms with Crippen molar-refractivity contribution in [2.24, 2.45) is 0 Å². The number of hydrogen-bond donors (Lipinski definition) is 0. The number of Topliss-reactive ketones (excluding diaryl/α,β-unsaturated/α-hetero) is 1. The minimum Gasteiger partial charge on any atom is -0.299 e. The molecule has 1 aromatic rings. The van der Waals surface area contributed by atoms with Gasteiger partial charge in [0.25, 0.3) is 0 Å². The maximum atomic E-state index is 11.0. The maximum Gasteiger partial charge on any atom is 0.136 e. The van der Waals surface area contributed by atoms with Gasteiger partial charge in [-0.25, -0.2) is 0 Å². The fourth-order valence-corrected chi connectivity index (χ4v) is 1.94. The Morgan fingerprint density at radius 2 is 1.80 bits per heavy atom. The second kappa shape index (κ2) is 4.92. The van der Waals surface area contributed by atoms with Crippen LogP contribution >= 0.6 is 0 Å². The van der Waals surface area contributed by atoms with E-state index in [4.69, 9.17) is 0 Å². The molecule has 0 radical (unpaired) electrons. The summed E-state index contributed by atoms with van der Waals surface area (Å²) in [5, 5.41) is 0. The molecule has 2 rings (SSSR count). The third-order valence-corrected chi connectivity index (χ3v) is 2.92. The summed E-state index contributed by atoms with van der Waals surface area (Å²) in [6, 6.07) is 10.5. The zero-order valence-electron chi connectivity index (χ0n) is 8.91. The molecule has 0 atom stereocenters. The molecule has 0 heterocycles. The molecule has 0 fully saturated rings. The lowest BCUT2D eigenvalue weighted by atomic mass is 9.94. The van der Waals surface area contributed by atoms with Crippen LogP contribution in [-0.2, 0) is 11.2 Å². The highest BCUT2D eigenvalue weighted by atomic mass is 16.1. The number of rotatable bonds is 3. The molecule has 78 valence electrons. The molecule has 1 heteroatoms. The second-order valence-electron chi connectivity index (χ2n) is 4.09. The van der Waals surface area contributed by atoms with E-state index in [0.717, 1.165) is 25.7 Å². The van der Waals surface area contributed by atoms with Crippen LogP contribution in [0.5, 0.6) is 0 Å². The number of benzene rings is 1. The summed E-state index contributed by atoms with van der Waals surface area (Å²) in [7, 11) is 0. The van der Waals surface area contributed by atoms with Gasteiger partial charge in [0.05, 0.1) is 0 Å². The topological polar surface area (TPSA) is 17.1 Å². The van der Waals surface area contributed by atoms with Crippen molar-refractivity contribution in [2.45, 2.75) is 32.1 Å². The summed E-state index contributed by atoms with van der Waals surface area (Å²) in [6.45, 7) is 0. The Bertz CT molecular complexity index is 362. The molecule has 0 spiro atoms. The molecule has 0 aliphatic heterocycles. The Hall–Kier alpha value is -1.37. The SMILES string of the molecule is O=C1CC=C(CCc2ccccc2)CC1. The first-order chi connectivity index (χ1) is 7.34. The molecule has 1 aromatic carbocycles. The van der Waals surface area contributed by atoms with Crippen molar-refractivity contribution in [3.8, 4) is 0 Å². The van der Waals surface area contributed by atoms with Gasteiger partial charge < -0.3 is 0 Å². The van der Waals surface area contributed by atoms with Crippen LogP contribution < -0.4 is 0 Å². The van der Waals surface area contributed by atoms with E-state index in [1.807, 2.05) is 6.07 Å². The molecule has 1 nitrogen and oxygen atoms in total. The molecule has 0 aromatic heterocycles. The Labute approximate surface area is 90.8 Å². The third-order valence-electron chi connectivity index (χ3n) is 2.92. The van der Waals surface area contributed by atoms with Crippen LogP contribution in [0.3, 0.4) is 0 Å². The molecule has 15 heavy (non-hydrogen) atoms. The lowest BCUT2D eigenvalue weighted by Gasteiger charge is -2.11. The molecular formula is C14H16O. The number of hydrogen-bond acceptors (Lipinski definition) is 1. The normalized spacial score (nSPS) is 16.3. The predicted octanol–water partition coefficient (Wildman–Crippen LogP) is 3.30. The zero-order chi connectivity index (χ0) is 10.5. The van der Waals surface area contributed by atoms with E-state index in [-0.39, 0.29) is 0 Å². The van der Waals surface area contributed by atoms with Gasteiger partial charge in [-0.05, 0) is 24.8 Å². The van der Waals surface area contributed by atoms with Crippen LogP contribution in [0.15, 0.2) is 42.0 Å². The highest BCUT2D eigenvalue weighted by molar-refractivity contribution is 5.81. The highest BCUT2D eigenvalue weighted by Gasteiger charge is 2.09. The molecule has 1 aliphatic carbocycles. The Balaban J connectivity index is 1.86. The van der Waals surface area contributed by atoms with Crippen molar-refractivity contribution in [1.82, 2.24) is 0 Å². The standard InChI is InChI=1S/C14H16O/c15-14-10-8-13(9-11-14)7-6-12-4-2-1-3-5-12/h1-5,8H,6-7,9-11H2. The smallest absolute Gasteiger partial charge is 0.136 e. The largest absolute Gasteiger partial charge is 0.299 e. The Morgan fingerprint density at radius 1 is 1.00 bits per heavy atom. The molecule has 0 saturated heterocycles. The van der Waals surface area contributed by atoms with Crippen molar-refractivity contribution < 1.29 is 4.79 Å².